The number of rotatable bonds is 6. The lowest BCUT2D eigenvalue weighted by Crippen LogP contribution is -2.51. The molecule has 1 aliphatic heterocycles. The number of likely N-dealkylation sites (tertiary alicyclic amines) is 1. The first kappa shape index (κ1) is 14.8. The Morgan fingerprint density at radius 3 is 2.63 bits per heavy atom. The van der Waals surface area contributed by atoms with E-state index >= 15 is 0 Å². The molecule has 0 spiro atoms. The summed E-state index contributed by atoms with van der Waals surface area (Å²) in [6, 6.07) is 1.28. The third-order valence-corrected chi connectivity index (χ3v) is 4.66. The van der Waals surface area contributed by atoms with Crippen molar-refractivity contribution in [1.29, 1.82) is 0 Å². The lowest BCUT2D eigenvalue weighted by molar-refractivity contribution is -0.137. The second kappa shape index (κ2) is 7.25. The molecule has 0 aromatic heterocycles. The molecule has 2 atom stereocenters. The Labute approximate surface area is 116 Å². The van der Waals surface area contributed by atoms with E-state index in [1.165, 1.54) is 38.5 Å². The Kier molecular flexibility index (Phi) is 5.64. The third-order valence-electron chi connectivity index (χ3n) is 4.66. The summed E-state index contributed by atoms with van der Waals surface area (Å²) < 4.78 is 0. The summed E-state index contributed by atoms with van der Waals surface area (Å²) in [6.45, 7) is 5.06. The second-order valence-corrected chi connectivity index (χ2v) is 6.26. The standard InChI is InChI=1S/C15H28N2O2/c1-2-12-9-14(16-13-5-3-4-6-13)11-17(10-12)8-7-15(18)19/h12-14,16H,2-11H2,1H3,(H,18,19). The molecule has 1 saturated heterocycles. The Balaban J connectivity index is 1.82. The Hall–Kier alpha value is -0.610. The molecule has 2 aliphatic rings. The highest BCUT2D eigenvalue weighted by Gasteiger charge is 2.28. The summed E-state index contributed by atoms with van der Waals surface area (Å²) in [5.41, 5.74) is 0. The van der Waals surface area contributed by atoms with Gasteiger partial charge in [0.1, 0.15) is 0 Å². The third kappa shape index (κ3) is 4.77. The van der Waals surface area contributed by atoms with Gasteiger partial charge < -0.3 is 15.3 Å². The summed E-state index contributed by atoms with van der Waals surface area (Å²) in [5.74, 6) is 0.0420. The van der Waals surface area contributed by atoms with Crippen LogP contribution in [0.2, 0.25) is 0 Å². The highest BCUT2D eigenvalue weighted by atomic mass is 16.4. The molecule has 2 unspecified atom stereocenters. The maximum absolute atomic E-state index is 10.7. The van der Waals surface area contributed by atoms with Gasteiger partial charge in [0.05, 0.1) is 6.42 Å². The first-order chi connectivity index (χ1) is 9.17. The van der Waals surface area contributed by atoms with Crippen molar-refractivity contribution < 1.29 is 9.90 Å². The molecule has 0 radical (unpaired) electrons. The molecule has 1 heterocycles. The molecule has 110 valence electrons. The molecule has 1 aliphatic carbocycles. The lowest BCUT2D eigenvalue weighted by atomic mass is 9.91. The van der Waals surface area contributed by atoms with E-state index in [1.807, 2.05) is 0 Å². The van der Waals surface area contributed by atoms with Crippen LogP contribution in [0.1, 0.15) is 51.9 Å². The molecule has 1 saturated carbocycles. The van der Waals surface area contributed by atoms with E-state index in [4.69, 9.17) is 5.11 Å². The van der Waals surface area contributed by atoms with E-state index in [-0.39, 0.29) is 6.42 Å². The van der Waals surface area contributed by atoms with Gasteiger partial charge in [0.2, 0.25) is 0 Å². The van der Waals surface area contributed by atoms with Crippen molar-refractivity contribution in [3.63, 3.8) is 0 Å². The number of nitrogens with zero attached hydrogens (tertiary/aromatic N) is 1. The van der Waals surface area contributed by atoms with Crippen molar-refractivity contribution in [3.05, 3.63) is 0 Å². The van der Waals surface area contributed by atoms with Gasteiger partial charge in [-0.25, -0.2) is 0 Å². The van der Waals surface area contributed by atoms with E-state index in [1.54, 1.807) is 0 Å². The first-order valence-electron chi connectivity index (χ1n) is 7.87. The Bertz CT molecular complexity index is 290. The number of piperidine rings is 1. The van der Waals surface area contributed by atoms with Crippen LogP contribution in [-0.4, -0.2) is 47.7 Å². The maximum atomic E-state index is 10.7. The van der Waals surface area contributed by atoms with Crippen molar-refractivity contribution in [3.8, 4) is 0 Å². The topological polar surface area (TPSA) is 52.6 Å². The quantitative estimate of drug-likeness (QED) is 0.774. The van der Waals surface area contributed by atoms with Crippen LogP contribution >= 0.6 is 0 Å². The number of carbonyl (C=O) groups is 1. The Morgan fingerprint density at radius 1 is 1.26 bits per heavy atom. The molecule has 0 amide bonds. The van der Waals surface area contributed by atoms with Crippen molar-refractivity contribution >= 4 is 5.97 Å². The van der Waals surface area contributed by atoms with Crippen LogP contribution in [0.15, 0.2) is 0 Å². The molecule has 0 aromatic carbocycles. The maximum Gasteiger partial charge on any atom is 0.304 e. The SMILES string of the molecule is CCC1CC(NC2CCCC2)CN(CCC(=O)O)C1. The van der Waals surface area contributed by atoms with Gasteiger partial charge in [0.15, 0.2) is 0 Å². The number of aliphatic carboxylic acids is 1. The summed E-state index contributed by atoms with van der Waals surface area (Å²) in [6.07, 6.45) is 8.11. The average molecular weight is 268 g/mol. The lowest BCUT2D eigenvalue weighted by Gasteiger charge is -2.39. The largest absolute Gasteiger partial charge is 0.481 e. The number of hydrogen-bond acceptors (Lipinski definition) is 3. The van der Waals surface area contributed by atoms with Gasteiger partial charge in [-0.3, -0.25) is 4.79 Å². The highest BCUT2D eigenvalue weighted by Crippen LogP contribution is 2.23. The van der Waals surface area contributed by atoms with Crippen LogP contribution in [0, 0.1) is 5.92 Å². The number of hydrogen-bond donors (Lipinski definition) is 2. The fraction of sp³-hybridized carbons (Fsp3) is 0.933. The first-order valence-corrected chi connectivity index (χ1v) is 7.87. The van der Waals surface area contributed by atoms with Gasteiger partial charge in [0, 0.05) is 31.7 Å². The molecule has 4 heteroatoms. The molecule has 2 fully saturated rings. The molecule has 19 heavy (non-hydrogen) atoms. The van der Waals surface area contributed by atoms with Gasteiger partial charge >= 0.3 is 5.97 Å². The van der Waals surface area contributed by atoms with Gasteiger partial charge in [0.25, 0.3) is 0 Å². The molecular formula is C15H28N2O2. The normalized spacial score (nSPS) is 29.7. The minimum absolute atomic E-state index is 0.270. The zero-order valence-electron chi connectivity index (χ0n) is 12.1. The van der Waals surface area contributed by atoms with E-state index < -0.39 is 5.97 Å². The zero-order chi connectivity index (χ0) is 13.7. The molecule has 2 N–H and O–H groups in total. The fourth-order valence-corrected chi connectivity index (χ4v) is 3.58. The average Bonchev–Trinajstić information content (AvgIpc) is 2.89. The number of carboxylic acids is 1. The molecule has 0 bridgehead atoms. The van der Waals surface area contributed by atoms with Gasteiger partial charge in [-0.2, -0.15) is 0 Å². The van der Waals surface area contributed by atoms with Gasteiger partial charge in [-0.05, 0) is 25.2 Å². The van der Waals surface area contributed by atoms with Crippen LogP contribution in [0.4, 0.5) is 0 Å². The summed E-state index contributed by atoms with van der Waals surface area (Å²) >= 11 is 0. The van der Waals surface area contributed by atoms with E-state index in [0.717, 1.165) is 19.0 Å². The second-order valence-electron chi connectivity index (χ2n) is 6.26. The van der Waals surface area contributed by atoms with E-state index in [0.29, 0.717) is 18.6 Å². The molecular weight excluding hydrogens is 240 g/mol. The minimum atomic E-state index is -0.682. The summed E-state index contributed by atoms with van der Waals surface area (Å²) in [4.78, 5) is 13.1. The van der Waals surface area contributed by atoms with Crippen LogP contribution in [0.25, 0.3) is 0 Å². The van der Waals surface area contributed by atoms with Crippen molar-refractivity contribution in [1.82, 2.24) is 10.2 Å². The van der Waals surface area contributed by atoms with E-state index in [2.05, 4.69) is 17.1 Å². The van der Waals surface area contributed by atoms with Crippen molar-refractivity contribution in [2.75, 3.05) is 19.6 Å². The number of carboxylic acid groups (broad SMARTS) is 1. The van der Waals surface area contributed by atoms with Crippen LogP contribution in [0.3, 0.4) is 0 Å². The predicted octanol–water partition coefficient (Wildman–Crippen LogP) is 2.09. The summed E-state index contributed by atoms with van der Waals surface area (Å²) in [5, 5.41) is 12.6. The van der Waals surface area contributed by atoms with Crippen molar-refractivity contribution in [2.45, 2.75) is 64.0 Å². The monoisotopic (exact) mass is 268 g/mol. The Morgan fingerprint density at radius 2 is 2.00 bits per heavy atom. The fourth-order valence-electron chi connectivity index (χ4n) is 3.58. The predicted molar refractivity (Wildman–Crippen MR) is 76.3 cm³/mol. The van der Waals surface area contributed by atoms with Crippen molar-refractivity contribution in [2.24, 2.45) is 5.92 Å². The molecule has 2 rings (SSSR count). The molecule has 0 aromatic rings. The summed E-state index contributed by atoms with van der Waals surface area (Å²) in [7, 11) is 0. The van der Waals surface area contributed by atoms with Gasteiger partial charge in [-0.15, -0.1) is 0 Å². The minimum Gasteiger partial charge on any atom is -0.481 e. The highest BCUT2D eigenvalue weighted by molar-refractivity contribution is 5.66. The zero-order valence-corrected chi connectivity index (χ0v) is 12.1. The number of nitrogens with one attached hydrogen (secondary N) is 1. The smallest absolute Gasteiger partial charge is 0.304 e. The van der Waals surface area contributed by atoms with Gasteiger partial charge in [-0.1, -0.05) is 26.2 Å². The molecule has 4 nitrogen and oxygen atoms in total. The van der Waals surface area contributed by atoms with Crippen LogP contribution in [-0.2, 0) is 4.79 Å². The van der Waals surface area contributed by atoms with Crippen LogP contribution < -0.4 is 5.32 Å². The van der Waals surface area contributed by atoms with E-state index in [9.17, 15) is 4.79 Å². The van der Waals surface area contributed by atoms with Crippen LogP contribution in [0.5, 0.6) is 0 Å².